The van der Waals surface area contributed by atoms with Crippen molar-refractivity contribution in [3.63, 3.8) is 0 Å². The van der Waals surface area contributed by atoms with Crippen LogP contribution < -0.4 is 4.74 Å². The van der Waals surface area contributed by atoms with Gasteiger partial charge in [0.15, 0.2) is 0 Å². The third kappa shape index (κ3) is 3.55. The molecule has 1 aliphatic heterocycles. The molecule has 0 radical (unpaired) electrons. The number of ether oxygens (including phenoxy) is 2. The Bertz CT molecular complexity index is 938. The van der Waals surface area contributed by atoms with E-state index in [1.165, 1.54) is 4.88 Å². The average molecular weight is 390 g/mol. The van der Waals surface area contributed by atoms with E-state index in [0.717, 1.165) is 47.9 Å². The molecule has 1 fully saturated rings. The lowest BCUT2D eigenvalue weighted by atomic mass is 10.2. The third-order valence-electron chi connectivity index (χ3n) is 4.55. The number of halogens is 1. The molecule has 0 aliphatic carbocycles. The molecule has 0 atom stereocenters. The second-order valence-corrected chi connectivity index (χ2v) is 7.94. The van der Waals surface area contributed by atoms with Gasteiger partial charge >= 0.3 is 0 Å². The number of aryl methyl sites for hydroxylation is 2. The van der Waals surface area contributed by atoms with E-state index in [1.807, 2.05) is 24.3 Å². The topological polar surface area (TPSA) is 47.5 Å². The predicted octanol–water partition coefficient (Wildman–Crippen LogP) is 4.59. The molecule has 3 aromatic rings. The fourth-order valence-corrected chi connectivity index (χ4v) is 4.20. The standard InChI is InChI=1S/C19H20ClN3O2S/c1-12-13(2)26-19-17(12)18(25-15-6-4-3-5-14(15)20)21-16(22-19)11-23-7-9-24-10-8-23/h3-6H,7-11H2,1-2H3. The van der Waals surface area contributed by atoms with Crippen LogP contribution in [0.1, 0.15) is 16.3 Å². The highest BCUT2D eigenvalue weighted by molar-refractivity contribution is 7.18. The minimum atomic E-state index is 0.568. The molecule has 4 rings (SSSR count). The van der Waals surface area contributed by atoms with Crippen LogP contribution >= 0.6 is 22.9 Å². The number of thiophene rings is 1. The van der Waals surface area contributed by atoms with Gasteiger partial charge in [-0.25, -0.2) is 4.98 Å². The largest absolute Gasteiger partial charge is 0.437 e. The zero-order chi connectivity index (χ0) is 18.1. The van der Waals surface area contributed by atoms with Crippen LogP contribution in [0, 0.1) is 13.8 Å². The van der Waals surface area contributed by atoms with E-state index >= 15 is 0 Å². The molecule has 0 spiro atoms. The van der Waals surface area contributed by atoms with Crippen molar-refractivity contribution in [1.82, 2.24) is 14.9 Å². The number of nitrogens with zero attached hydrogens (tertiary/aromatic N) is 3. The van der Waals surface area contributed by atoms with Crippen molar-refractivity contribution in [3.8, 4) is 11.6 Å². The fourth-order valence-electron chi connectivity index (χ4n) is 2.99. The minimum Gasteiger partial charge on any atom is -0.437 e. The summed E-state index contributed by atoms with van der Waals surface area (Å²) < 4.78 is 11.5. The Balaban J connectivity index is 1.74. The summed E-state index contributed by atoms with van der Waals surface area (Å²) >= 11 is 7.95. The van der Waals surface area contributed by atoms with Gasteiger partial charge in [0.2, 0.25) is 5.88 Å². The molecule has 2 aromatic heterocycles. The summed E-state index contributed by atoms with van der Waals surface area (Å²) in [6.45, 7) is 8.16. The first-order valence-electron chi connectivity index (χ1n) is 8.61. The van der Waals surface area contributed by atoms with Crippen molar-refractivity contribution in [1.29, 1.82) is 0 Å². The molecule has 136 valence electrons. The predicted molar refractivity (Wildman–Crippen MR) is 105 cm³/mol. The molecular formula is C19H20ClN3O2S. The van der Waals surface area contributed by atoms with Crippen LogP contribution in [0.15, 0.2) is 24.3 Å². The van der Waals surface area contributed by atoms with Crippen molar-refractivity contribution in [2.45, 2.75) is 20.4 Å². The summed E-state index contributed by atoms with van der Waals surface area (Å²) in [5.74, 6) is 1.95. The zero-order valence-electron chi connectivity index (χ0n) is 14.8. The molecule has 0 saturated carbocycles. The molecule has 0 N–H and O–H groups in total. The summed E-state index contributed by atoms with van der Waals surface area (Å²) in [5, 5.41) is 1.54. The summed E-state index contributed by atoms with van der Waals surface area (Å²) in [7, 11) is 0. The van der Waals surface area contributed by atoms with Gasteiger partial charge in [-0.3, -0.25) is 4.90 Å². The van der Waals surface area contributed by atoms with E-state index in [0.29, 0.717) is 23.2 Å². The fraction of sp³-hybridized carbons (Fsp3) is 0.368. The van der Waals surface area contributed by atoms with Crippen molar-refractivity contribution in [3.05, 3.63) is 45.6 Å². The number of morpholine rings is 1. The van der Waals surface area contributed by atoms with Crippen molar-refractivity contribution >= 4 is 33.2 Å². The normalized spacial score (nSPS) is 15.5. The van der Waals surface area contributed by atoms with Gasteiger partial charge in [-0.15, -0.1) is 11.3 Å². The van der Waals surface area contributed by atoms with Crippen molar-refractivity contribution in [2.75, 3.05) is 26.3 Å². The van der Waals surface area contributed by atoms with Crippen LogP contribution in [-0.2, 0) is 11.3 Å². The lowest BCUT2D eigenvalue weighted by Gasteiger charge is -2.25. The monoisotopic (exact) mass is 389 g/mol. The molecule has 5 nitrogen and oxygen atoms in total. The Kier molecular flexibility index (Phi) is 5.09. The van der Waals surface area contributed by atoms with Crippen LogP contribution in [-0.4, -0.2) is 41.2 Å². The number of benzene rings is 1. The van der Waals surface area contributed by atoms with Gasteiger partial charge in [0, 0.05) is 18.0 Å². The van der Waals surface area contributed by atoms with Crippen molar-refractivity contribution in [2.24, 2.45) is 0 Å². The summed E-state index contributed by atoms with van der Waals surface area (Å²) in [4.78, 5) is 14.0. The van der Waals surface area contributed by atoms with Gasteiger partial charge in [0.05, 0.1) is 30.2 Å². The maximum absolute atomic E-state index is 6.28. The molecule has 0 unspecified atom stereocenters. The maximum atomic E-state index is 6.28. The Morgan fingerprint density at radius 3 is 2.73 bits per heavy atom. The van der Waals surface area contributed by atoms with Gasteiger partial charge in [0.25, 0.3) is 0 Å². The number of fused-ring (bicyclic) bond motifs is 1. The van der Waals surface area contributed by atoms with Gasteiger partial charge in [-0.1, -0.05) is 23.7 Å². The zero-order valence-corrected chi connectivity index (χ0v) is 16.4. The highest BCUT2D eigenvalue weighted by atomic mass is 35.5. The molecular weight excluding hydrogens is 370 g/mol. The quantitative estimate of drug-likeness (QED) is 0.653. The molecule has 1 saturated heterocycles. The molecule has 7 heteroatoms. The van der Waals surface area contributed by atoms with Gasteiger partial charge in [-0.05, 0) is 31.5 Å². The summed E-state index contributed by atoms with van der Waals surface area (Å²) in [6, 6.07) is 7.46. The second-order valence-electron chi connectivity index (χ2n) is 6.33. The number of aromatic nitrogens is 2. The molecule has 1 aliphatic rings. The molecule has 0 bridgehead atoms. The lowest BCUT2D eigenvalue weighted by molar-refractivity contribution is 0.0330. The van der Waals surface area contributed by atoms with Crippen LogP contribution in [0.5, 0.6) is 11.6 Å². The average Bonchev–Trinajstić information content (AvgIpc) is 2.92. The van der Waals surface area contributed by atoms with Crippen LogP contribution in [0.2, 0.25) is 5.02 Å². The van der Waals surface area contributed by atoms with E-state index in [4.69, 9.17) is 31.0 Å². The number of rotatable bonds is 4. The highest BCUT2D eigenvalue weighted by Crippen LogP contribution is 2.38. The van der Waals surface area contributed by atoms with Crippen LogP contribution in [0.3, 0.4) is 0 Å². The molecule has 3 heterocycles. The van der Waals surface area contributed by atoms with Gasteiger partial charge in [-0.2, -0.15) is 4.98 Å². The van der Waals surface area contributed by atoms with E-state index in [-0.39, 0.29) is 0 Å². The van der Waals surface area contributed by atoms with Crippen molar-refractivity contribution < 1.29 is 9.47 Å². The molecule has 0 amide bonds. The van der Waals surface area contributed by atoms with E-state index < -0.39 is 0 Å². The third-order valence-corrected chi connectivity index (χ3v) is 5.97. The van der Waals surface area contributed by atoms with Gasteiger partial charge in [0.1, 0.15) is 16.4 Å². The number of para-hydroxylation sites is 1. The lowest BCUT2D eigenvalue weighted by Crippen LogP contribution is -2.36. The summed E-state index contributed by atoms with van der Waals surface area (Å²) in [6.07, 6.45) is 0. The molecule has 26 heavy (non-hydrogen) atoms. The Morgan fingerprint density at radius 2 is 1.96 bits per heavy atom. The molecule has 1 aromatic carbocycles. The summed E-state index contributed by atoms with van der Waals surface area (Å²) in [5.41, 5.74) is 1.16. The second kappa shape index (κ2) is 7.48. The van der Waals surface area contributed by atoms with Gasteiger partial charge < -0.3 is 9.47 Å². The van der Waals surface area contributed by atoms with E-state index in [2.05, 4.69) is 18.7 Å². The minimum absolute atomic E-state index is 0.568. The van der Waals surface area contributed by atoms with Crippen LogP contribution in [0.4, 0.5) is 0 Å². The number of hydrogen-bond acceptors (Lipinski definition) is 6. The highest BCUT2D eigenvalue weighted by Gasteiger charge is 2.19. The first-order valence-corrected chi connectivity index (χ1v) is 9.80. The Labute approximate surface area is 161 Å². The van der Waals surface area contributed by atoms with Crippen LogP contribution in [0.25, 0.3) is 10.2 Å². The number of hydrogen-bond donors (Lipinski definition) is 0. The Hall–Kier alpha value is -1.73. The maximum Gasteiger partial charge on any atom is 0.231 e. The smallest absolute Gasteiger partial charge is 0.231 e. The van der Waals surface area contributed by atoms with E-state index in [1.54, 1.807) is 11.3 Å². The Morgan fingerprint density at radius 1 is 1.19 bits per heavy atom. The van der Waals surface area contributed by atoms with E-state index in [9.17, 15) is 0 Å². The first kappa shape index (κ1) is 17.7. The first-order chi connectivity index (χ1) is 12.6. The SMILES string of the molecule is Cc1sc2nc(CN3CCOCC3)nc(Oc3ccccc3Cl)c2c1C.